The first kappa shape index (κ1) is 15.0. The van der Waals surface area contributed by atoms with E-state index in [9.17, 15) is 12.8 Å². The van der Waals surface area contributed by atoms with E-state index in [4.69, 9.17) is 0 Å². The van der Waals surface area contributed by atoms with Crippen molar-refractivity contribution in [3.8, 4) is 0 Å². The van der Waals surface area contributed by atoms with Crippen LogP contribution in [0.15, 0.2) is 45.8 Å². The van der Waals surface area contributed by atoms with E-state index in [1.165, 1.54) is 12.1 Å². The van der Waals surface area contributed by atoms with Crippen molar-refractivity contribution >= 4 is 31.6 Å². The van der Waals surface area contributed by atoms with Crippen molar-refractivity contribution in [1.29, 1.82) is 0 Å². The van der Waals surface area contributed by atoms with Gasteiger partial charge in [-0.1, -0.05) is 12.1 Å². The predicted molar refractivity (Wildman–Crippen MR) is 80.8 cm³/mol. The second-order valence-electron chi connectivity index (χ2n) is 4.50. The molecule has 0 spiro atoms. The van der Waals surface area contributed by atoms with Crippen molar-refractivity contribution in [2.75, 3.05) is 4.72 Å². The molecule has 2 aromatic rings. The van der Waals surface area contributed by atoms with Crippen molar-refractivity contribution in [2.45, 2.75) is 18.7 Å². The van der Waals surface area contributed by atoms with Crippen molar-refractivity contribution in [3.63, 3.8) is 0 Å². The van der Waals surface area contributed by atoms with Gasteiger partial charge in [0.2, 0.25) is 0 Å². The van der Waals surface area contributed by atoms with Gasteiger partial charge in [-0.25, -0.2) is 12.8 Å². The first-order chi connectivity index (χ1) is 9.29. The zero-order valence-corrected chi connectivity index (χ0v) is 13.3. The zero-order chi connectivity index (χ0) is 14.9. The molecule has 0 aromatic heterocycles. The molecule has 20 heavy (non-hydrogen) atoms. The van der Waals surface area contributed by atoms with Gasteiger partial charge in [-0.15, -0.1) is 0 Å². The number of hydrogen-bond donors (Lipinski definition) is 1. The molecule has 0 heterocycles. The Morgan fingerprint density at radius 1 is 1.15 bits per heavy atom. The fourth-order valence-corrected chi connectivity index (χ4v) is 3.43. The number of anilines is 1. The third-order valence-corrected chi connectivity index (χ3v) is 4.78. The normalized spacial score (nSPS) is 11.4. The molecule has 0 aliphatic rings. The molecular formula is C14H13BrFNO2S. The van der Waals surface area contributed by atoms with Crippen LogP contribution in [0.1, 0.15) is 11.1 Å². The molecule has 106 valence electrons. The smallest absolute Gasteiger partial charge is 0.261 e. The highest BCUT2D eigenvalue weighted by Gasteiger charge is 2.16. The molecule has 3 nitrogen and oxygen atoms in total. The van der Waals surface area contributed by atoms with Crippen LogP contribution in [0.2, 0.25) is 0 Å². The Morgan fingerprint density at radius 2 is 1.85 bits per heavy atom. The maximum absolute atomic E-state index is 13.5. The molecule has 0 unspecified atom stereocenters. The summed E-state index contributed by atoms with van der Waals surface area (Å²) in [7, 11) is -3.72. The number of nitrogens with one attached hydrogen (secondary N) is 1. The third kappa shape index (κ3) is 3.19. The molecule has 0 atom stereocenters. The second kappa shape index (κ2) is 5.54. The lowest BCUT2D eigenvalue weighted by Crippen LogP contribution is -2.14. The number of benzene rings is 2. The molecule has 6 heteroatoms. The van der Waals surface area contributed by atoms with Gasteiger partial charge >= 0.3 is 0 Å². The summed E-state index contributed by atoms with van der Waals surface area (Å²) in [5, 5.41) is 0. The van der Waals surface area contributed by atoms with Crippen LogP contribution in [0.5, 0.6) is 0 Å². The van der Waals surface area contributed by atoms with Gasteiger partial charge in [0.15, 0.2) is 0 Å². The fourth-order valence-electron chi connectivity index (χ4n) is 1.74. The molecule has 0 saturated carbocycles. The summed E-state index contributed by atoms with van der Waals surface area (Å²) in [6.07, 6.45) is 0. The summed E-state index contributed by atoms with van der Waals surface area (Å²) in [5.41, 5.74) is 1.70. The van der Waals surface area contributed by atoms with Crippen molar-refractivity contribution in [1.82, 2.24) is 0 Å². The summed E-state index contributed by atoms with van der Waals surface area (Å²) in [4.78, 5) is 0.153. The van der Waals surface area contributed by atoms with E-state index in [2.05, 4.69) is 20.7 Å². The molecule has 2 rings (SSSR count). The molecule has 0 amide bonds. The summed E-state index contributed by atoms with van der Waals surface area (Å²) in [6, 6.07) is 9.23. The quantitative estimate of drug-likeness (QED) is 0.901. The minimum atomic E-state index is -3.72. The molecule has 0 fully saturated rings. The van der Waals surface area contributed by atoms with Gasteiger partial charge in [-0.05, 0) is 65.2 Å². The average Bonchev–Trinajstić information content (AvgIpc) is 2.36. The van der Waals surface area contributed by atoms with Gasteiger partial charge in [0, 0.05) is 0 Å². The van der Waals surface area contributed by atoms with E-state index in [-0.39, 0.29) is 10.6 Å². The Balaban J connectivity index is 2.41. The molecule has 0 bridgehead atoms. The molecule has 0 saturated heterocycles. The highest BCUT2D eigenvalue weighted by atomic mass is 79.9. The van der Waals surface area contributed by atoms with Gasteiger partial charge in [0.1, 0.15) is 5.82 Å². The number of hydrogen-bond acceptors (Lipinski definition) is 2. The van der Waals surface area contributed by atoms with E-state index < -0.39 is 15.8 Å². The van der Waals surface area contributed by atoms with E-state index in [0.717, 1.165) is 11.6 Å². The summed E-state index contributed by atoms with van der Waals surface area (Å²) in [5.74, 6) is -0.516. The molecule has 0 radical (unpaired) electrons. The van der Waals surface area contributed by atoms with Gasteiger partial charge in [-0.3, -0.25) is 4.72 Å². The Kier molecular flexibility index (Phi) is 4.15. The summed E-state index contributed by atoms with van der Waals surface area (Å²) in [6.45, 7) is 3.52. The number of halogens is 2. The first-order valence-electron chi connectivity index (χ1n) is 5.85. The zero-order valence-electron chi connectivity index (χ0n) is 10.9. The van der Waals surface area contributed by atoms with E-state index in [0.29, 0.717) is 10.0 Å². The van der Waals surface area contributed by atoms with Gasteiger partial charge in [0.25, 0.3) is 10.0 Å². The predicted octanol–water partition coefficient (Wildman–Crippen LogP) is 4.01. The fraction of sp³-hybridized carbons (Fsp3) is 0.143. The number of sulfonamides is 1. The molecule has 1 N–H and O–H groups in total. The topological polar surface area (TPSA) is 46.2 Å². The van der Waals surface area contributed by atoms with E-state index in [1.807, 2.05) is 13.0 Å². The van der Waals surface area contributed by atoms with Crippen molar-refractivity contribution in [3.05, 3.63) is 57.8 Å². The monoisotopic (exact) mass is 357 g/mol. The van der Waals surface area contributed by atoms with Crippen molar-refractivity contribution in [2.24, 2.45) is 0 Å². The van der Waals surface area contributed by atoms with Crippen molar-refractivity contribution < 1.29 is 12.8 Å². The lowest BCUT2D eigenvalue weighted by Gasteiger charge is -2.11. The Hall–Kier alpha value is -1.40. The standard InChI is InChI=1S/C14H13BrFNO2S/c1-9-4-3-5-11(6-9)20(18,19)17-14-8-13(16)12(15)7-10(14)2/h3-8,17H,1-2H3. The van der Waals surface area contributed by atoms with Gasteiger partial charge in [0.05, 0.1) is 15.1 Å². The van der Waals surface area contributed by atoms with Crippen LogP contribution in [0.25, 0.3) is 0 Å². The lowest BCUT2D eigenvalue weighted by atomic mass is 10.2. The van der Waals surface area contributed by atoms with E-state index >= 15 is 0 Å². The lowest BCUT2D eigenvalue weighted by molar-refractivity contribution is 0.601. The number of aryl methyl sites for hydroxylation is 2. The maximum Gasteiger partial charge on any atom is 0.261 e. The molecule has 0 aliphatic carbocycles. The van der Waals surface area contributed by atoms with Crippen LogP contribution >= 0.6 is 15.9 Å². The van der Waals surface area contributed by atoms with Gasteiger partial charge in [-0.2, -0.15) is 0 Å². The highest BCUT2D eigenvalue weighted by molar-refractivity contribution is 9.10. The minimum absolute atomic E-state index is 0.153. The van der Waals surface area contributed by atoms with Gasteiger partial charge < -0.3 is 0 Å². The largest absolute Gasteiger partial charge is 0.279 e. The molecule has 2 aromatic carbocycles. The Bertz CT molecular complexity index is 760. The number of rotatable bonds is 3. The second-order valence-corrected chi connectivity index (χ2v) is 7.04. The minimum Gasteiger partial charge on any atom is -0.279 e. The van der Waals surface area contributed by atoms with E-state index in [1.54, 1.807) is 19.1 Å². The Morgan fingerprint density at radius 3 is 2.50 bits per heavy atom. The van der Waals surface area contributed by atoms with Crippen LogP contribution in [0.4, 0.5) is 10.1 Å². The van der Waals surface area contributed by atoms with Crippen LogP contribution in [-0.2, 0) is 10.0 Å². The molecular weight excluding hydrogens is 345 g/mol. The first-order valence-corrected chi connectivity index (χ1v) is 8.12. The average molecular weight is 358 g/mol. The summed E-state index contributed by atoms with van der Waals surface area (Å²) >= 11 is 3.06. The third-order valence-electron chi connectivity index (χ3n) is 2.81. The SMILES string of the molecule is Cc1cccc(S(=O)(=O)Nc2cc(F)c(Br)cc2C)c1. The highest BCUT2D eigenvalue weighted by Crippen LogP contribution is 2.26. The van der Waals surface area contributed by atoms with Crippen LogP contribution < -0.4 is 4.72 Å². The van der Waals surface area contributed by atoms with Crippen LogP contribution in [0, 0.1) is 19.7 Å². The Labute approximate surface area is 126 Å². The molecule has 0 aliphatic heterocycles. The van der Waals surface area contributed by atoms with Crippen LogP contribution in [-0.4, -0.2) is 8.42 Å². The maximum atomic E-state index is 13.5. The summed E-state index contributed by atoms with van der Waals surface area (Å²) < 4.78 is 40.7. The van der Waals surface area contributed by atoms with Crippen LogP contribution in [0.3, 0.4) is 0 Å².